The second kappa shape index (κ2) is 8.60. The van der Waals surface area contributed by atoms with Crippen LogP contribution in [-0.2, 0) is 6.42 Å². The third-order valence-electron chi connectivity index (χ3n) is 3.96. The molecule has 2 amide bonds. The zero-order valence-corrected chi connectivity index (χ0v) is 15.0. The molecule has 0 aromatic heterocycles. The Morgan fingerprint density at radius 3 is 2.50 bits per heavy atom. The smallest absolute Gasteiger partial charge is 0.317 e. The summed E-state index contributed by atoms with van der Waals surface area (Å²) in [5.41, 5.74) is 4.33. The molecule has 2 rings (SSSR count). The van der Waals surface area contributed by atoms with Gasteiger partial charge in [-0.15, -0.1) is 0 Å². The third kappa shape index (κ3) is 4.90. The molecule has 0 bridgehead atoms. The molecular formula is C19H23ClN2O2. The van der Waals surface area contributed by atoms with E-state index in [4.69, 9.17) is 16.3 Å². The summed E-state index contributed by atoms with van der Waals surface area (Å²) in [4.78, 5) is 11.8. The Hall–Kier alpha value is -2.20. The Labute approximate surface area is 148 Å². The van der Waals surface area contributed by atoms with E-state index in [0.29, 0.717) is 18.0 Å². The number of aryl methyl sites for hydroxylation is 2. The molecule has 0 heterocycles. The molecule has 2 aromatic rings. The number of urea groups is 1. The Balaban J connectivity index is 1.74. The van der Waals surface area contributed by atoms with Crippen LogP contribution in [-0.4, -0.2) is 19.3 Å². The lowest BCUT2D eigenvalue weighted by atomic mass is 10.1. The van der Waals surface area contributed by atoms with Gasteiger partial charge in [0.25, 0.3) is 0 Å². The predicted molar refractivity (Wildman–Crippen MR) is 97.8 cm³/mol. The Morgan fingerprint density at radius 2 is 1.75 bits per heavy atom. The molecule has 4 nitrogen and oxygen atoms in total. The van der Waals surface area contributed by atoms with Crippen molar-refractivity contribution in [2.24, 2.45) is 0 Å². The molecule has 0 aliphatic rings. The van der Waals surface area contributed by atoms with Gasteiger partial charge in [-0.25, -0.2) is 4.79 Å². The first kappa shape index (κ1) is 18.1. The highest BCUT2D eigenvalue weighted by atomic mass is 35.5. The number of ether oxygens (including phenoxy) is 1. The Bertz CT molecular complexity index is 717. The largest absolute Gasteiger partial charge is 0.473 e. The van der Waals surface area contributed by atoms with E-state index in [1.54, 1.807) is 0 Å². The highest BCUT2D eigenvalue weighted by molar-refractivity contribution is 6.31. The number of amides is 2. The van der Waals surface area contributed by atoms with Gasteiger partial charge in [0.1, 0.15) is 5.75 Å². The van der Waals surface area contributed by atoms with Crippen LogP contribution >= 0.6 is 11.6 Å². The van der Waals surface area contributed by atoms with Gasteiger partial charge in [0.05, 0.1) is 0 Å². The summed E-state index contributed by atoms with van der Waals surface area (Å²) in [7, 11) is 0. The van der Waals surface area contributed by atoms with Gasteiger partial charge in [0.15, 0.2) is 6.73 Å². The van der Waals surface area contributed by atoms with E-state index in [1.807, 2.05) is 51.1 Å². The molecule has 0 aliphatic heterocycles. The standard InChI is InChI=1S/C19H23ClN2O2/c1-13-8-9-14(2)18(15(13)3)24-12-22-19(23)21-11-10-16-6-4-5-7-17(16)20/h4-9H,10-12H2,1-3H3,(H2,21,22,23). The topological polar surface area (TPSA) is 50.4 Å². The van der Waals surface area contributed by atoms with Crippen molar-refractivity contribution in [3.63, 3.8) is 0 Å². The number of halogens is 1. The molecule has 0 spiro atoms. The highest BCUT2D eigenvalue weighted by Gasteiger charge is 2.07. The van der Waals surface area contributed by atoms with E-state index < -0.39 is 0 Å². The number of benzene rings is 2. The molecule has 128 valence electrons. The van der Waals surface area contributed by atoms with Crippen LogP contribution in [0.5, 0.6) is 5.75 Å². The molecule has 2 N–H and O–H groups in total. The number of carbonyl (C=O) groups is 1. The molecule has 2 aromatic carbocycles. The van der Waals surface area contributed by atoms with Crippen LogP contribution in [0.15, 0.2) is 36.4 Å². The van der Waals surface area contributed by atoms with E-state index in [0.717, 1.165) is 22.4 Å². The van der Waals surface area contributed by atoms with Crippen LogP contribution in [0.1, 0.15) is 22.3 Å². The SMILES string of the molecule is Cc1ccc(C)c(OCNC(=O)NCCc2ccccc2Cl)c1C. The first-order valence-electron chi connectivity index (χ1n) is 7.93. The summed E-state index contributed by atoms with van der Waals surface area (Å²) in [6.45, 7) is 6.68. The molecule has 0 atom stereocenters. The lowest BCUT2D eigenvalue weighted by Crippen LogP contribution is -2.38. The minimum absolute atomic E-state index is 0.128. The normalized spacial score (nSPS) is 10.3. The molecule has 0 fully saturated rings. The number of nitrogens with one attached hydrogen (secondary N) is 2. The van der Waals surface area contributed by atoms with Crippen LogP contribution in [0.2, 0.25) is 5.02 Å². The van der Waals surface area contributed by atoms with Crippen LogP contribution in [0, 0.1) is 20.8 Å². The maximum atomic E-state index is 11.8. The van der Waals surface area contributed by atoms with Crippen molar-refractivity contribution in [3.8, 4) is 5.75 Å². The minimum Gasteiger partial charge on any atom is -0.473 e. The molecule has 24 heavy (non-hydrogen) atoms. The summed E-state index contributed by atoms with van der Waals surface area (Å²) < 4.78 is 5.71. The Morgan fingerprint density at radius 1 is 1.04 bits per heavy atom. The monoisotopic (exact) mass is 346 g/mol. The lowest BCUT2D eigenvalue weighted by molar-refractivity contribution is 0.223. The molecule has 0 saturated carbocycles. The fourth-order valence-corrected chi connectivity index (χ4v) is 2.63. The van der Waals surface area contributed by atoms with Gasteiger partial charge in [-0.3, -0.25) is 0 Å². The summed E-state index contributed by atoms with van der Waals surface area (Å²) >= 11 is 6.09. The van der Waals surface area contributed by atoms with E-state index in [2.05, 4.69) is 16.7 Å². The molecular weight excluding hydrogens is 324 g/mol. The number of hydrogen-bond donors (Lipinski definition) is 2. The predicted octanol–water partition coefficient (Wildman–Crippen LogP) is 4.14. The molecule has 0 radical (unpaired) electrons. The fourth-order valence-electron chi connectivity index (χ4n) is 2.40. The maximum Gasteiger partial charge on any atom is 0.317 e. The van der Waals surface area contributed by atoms with Gasteiger partial charge in [-0.05, 0) is 55.5 Å². The summed E-state index contributed by atoms with van der Waals surface area (Å²) in [5.74, 6) is 0.825. The van der Waals surface area contributed by atoms with Crippen LogP contribution in [0.25, 0.3) is 0 Å². The van der Waals surface area contributed by atoms with E-state index in [9.17, 15) is 4.79 Å². The maximum absolute atomic E-state index is 11.8. The minimum atomic E-state index is -0.259. The third-order valence-corrected chi connectivity index (χ3v) is 4.33. The summed E-state index contributed by atoms with van der Waals surface area (Å²) in [6, 6.07) is 11.4. The second-order valence-corrected chi connectivity index (χ2v) is 6.12. The summed E-state index contributed by atoms with van der Waals surface area (Å²) in [5, 5.41) is 6.21. The van der Waals surface area contributed by atoms with Crippen LogP contribution < -0.4 is 15.4 Å². The molecule has 5 heteroatoms. The van der Waals surface area contributed by atoms with Crippen LogP contribution in [0.4, 0.5) is 4.79 Å². The van der Waals surface area contributed by atoms with Gasteiger partial charge >= 0.3 is 6.03 Å². The van der Waals surface area contributed by atoms with E-state index in [1.165, 1.54) is 5.56 Å². The van der Waals surface area contributed by atoms with Crippen molar-refractivity contribution < 1.29 is 9.53 Å². The van der Waals surface area contributed by atoms with Crippen molar-refractivity contribution >= 4 is 17.6 Å². The van der Waals surface area contributed by atoms with Crippen molar-refractivity contribution in [1.82, 2.24) is 10.6 Å². The van der Waals surface area contributed by atoms with Crippen molar-refractivity contribution in [2.75, 3.05) is 13.3 Å². The molecule has 0 saturated heterocycles. The number of hydrogen-bond acceptors (Lipinski definition) is 2. The van der Waals surface area contributed by atoms with Crippen molar-refractivity contribution in [2.45, 2.75) is 27.2 Å². The highest BCUT2D eigenvalue weighted by Crippen LogP contribution is 2.25. The zero-order chi connectivity index (χ0) is 17.5. The molecule has 0 aliphatic carbocycles. The fraction of sp³-hybridized carbons (Fsp3) is 0.316. The molecule has 0 unspecified atom stereocenters. The van der Waals surface area contributed by atoms with Crippen molar-refractivity contribution in [1.29, 1.82) is 0 Å². The first-order valence-corrected chi connectivity index (χ1v) is 8.31. The van der Waals surface area contributed by atoms with Gasteiger partial charge in [0, 0.05) is 11.6 Å². The van der Waals surface area contributed by atoms with E-state index >= 15 is 0 Å². The van der Waals surface area contributed by atoms with Crippen molar-refractivity contribution in [3.05, 3.63) is 63.7 Å². The zero-order valence-electron chi connectivity index (χ0n) is 14.3. The van der Waals surface area contributed by atoms with Gasteiger partial charge in [-0.1, -0.05) is 41.9 Å². The number of carbonyl (C=O) groups excluding carboxylic acids is 1. The van der Waals surface area contributed by atoms with Gasteiger partial charge in [0.2, 0.25) is 0 Å². The van der Waals surface area contributed by atoms with Gasteiger partial charge < -0.3 is 15.4 Å². The second-order valence-electron chi connectivity index (χ2n) is 5.72. The Kier molecular flexibility index (Phi) is 6.50. The quantitative estimate of drug-likeness (QED) is 0.772. The average Bonchev–Trinajstić information content (AvgIpc) is 2.56. The van der Waals surface area contributed by atoms with Gasteiger partial charge in [-0.2, -0.15) is 0 Å². The lowest BCUT2D eigenvalue weighted by Gasteiger charge is -2.14. The first-order chi connectivity index (χ1) is 11.5. The average molecular weight is 347 g/mol. The van der Waals surface area contributed by atoms with Crippen LogP contribution in [0.3, 0.4) is 0 Å². The van der Waals surface area contributed by atoms with E-state index in [-0.39, 0.29) is 12.8 Å². The number of rotatable bonds is 6. The summed E-state index contributed by atoms with van der Waals surface area (Å²) in [6.07, 6.45) is 0.685.